The molecule has 5 nitrogen and oxygen atoms in total. The molecule has 0 saturated carbocycles. The van der Waals surface area contributed by atoms with Crippen molar-refractivity contribution in [2.24, 2.45) is 0 Å². The Morgan fingerprint density at radius 2 is 0.968 bits per heavy atom. The zero-order valence-corrected chi connectivity index (χ0v) is 21.5. The van der Waals surface area contributed by atoms with Gasteiger partial charge in [-0.15, -0.1) is 0 Å². The van der Waals surface area contributed by atoms with Gasteiger partial charge in [-0.3, -0.25) is 0 Å². The Morgan fingerprint density at radius 3 is 1.26 bits per heavy atom. The van der Waals surface area contributed by atoms with Crippen LogP contribution in [0.3, 0.4) is 0 Å². The Morgan fingerprint density at radius 1 is 0.677 bits per heavy atom. The number of esters is 1. The molecule has 31 heavy (non-hydrogen) atoms. The first-order chi connectivity index (χ1) is 14.8. The number of ether oxygens (including phenoxy) is 1. The minimum Gasteiger partial charge on any atom is -0.462 e. The average Bonchev–Trinajstić information content (AvgIpc) is 2.70. The lowest BCUT2D eigenvalue weighted by atomic mass is 10.0. The molecule has 0 bridgehead atoms. The topological polar surface area (TPSA) is 76.0 Å². The van der Waals surface area contributed by atoms with E-state index in [4.69, 9.17) is 19.0 Å². The number of hydrogen-bond donors (Lipinski definition) is 2. The Kier molecular flexibility index (Phi) is 21.4. The van der Waals surface area contributed by atoms with E-state index >= 15 is 0 Å². The van der Waals surface area contributed by atoms with Crippen LogP contribution in [0.25, 0.3) is 0 Å². The Hall–Kier alpha value is -0.260. The van der Waals surface area contributed by atoms with Crippen LogP contribution < -0.4 is 0 Å². The van der Waals surface area contributed by atoms with Crippen LogP contribution in [0.15, 0.2) is 12.2 Å². The lowest BCUT2D eigenvalue weighted by Crippen LogP contribution is -2.05. The molecule has 2 N–H and O–H groups in total. The fourth-order valence-electron chi connectivity index (χ4n) is 3.50. The van der Waals surface area contributed by atoms with Crippen LogP contribution in [0.1, 0.15) is 122 Å². The standard InChI is InChI=1S/C24H47O5PS/c1-23(2)24(25)28-21-19-17-15-13-11-9-7-5-3-4-6-8-10-12-14-16-18-20-22-29-30(26,27)31/h1,3-22H2,2H3,(H2,26,27,31). The second-order valence-electron chi connectivity index (χ2n) is 8.60. The normalized spacial score (nSPS) is 11.6. The first kappa shape index (κ1) is 30.7. The molecule has 0 unspecified atom stereocenters. The lowest BCUT2D eigenvalue weighted by molar-refractivity contribution is -0.139. The molecule has 0 rings (SSSR count). The molecule has 0 amide bonds. The van der Waals surface area contributed by atoms with E-state index in [1.54, 1.807) is 6.92 Å². The molecule has 0 spiro atoms. The minimum absolute atomic E-state index is 0.271. The number of carbonyl (C=O) groups excluding carboxylic acids is 1. The van der Waals surface area contributed by atoms with Gasteiger partial charge in [0.1, 0.15) is 0 Å². The van der Waals surface area contributed by atoms with Gasteiger partial charge in [0, 0.05) is 5.57 Å². The quantitative estimate of drug-likeness (QED) is 0.0692. The van der Waals surface area contributed by atoms with Crippen LogP contribution in [0.5, 0.6) is 0 Å². The van der Waals surface area contributed by atoms with Crippen LogP contribution in [0.4, 0.5) is 0 Å². The number of rotatable bonds is 23. The second kappa shape index (κ2) is 21.6. The molecule has 0 atom stereocenters. The maximum atomic E-state index is 11.2. The van der Waals surface area contributed by atoms with Crippen molar-refractivity contribution in [3.05, 3.63) is 12.2 Å². The van der Waals surface area contributed by atoms with Gasteiger partial charge in [-0.1, -0.05) is 109 Å². The summed E-state index contributed by atoms with van der Waals surface area (Å²) in [6.07, 6.45) is 22.5. The first-order valence-corrected chi connectivity index (χ1v) is 15.0. The summed E-state index contributed by atoms with van der Waals surface area (Å²) >= 11 is 4.41. The summed E-state index contributed by atoms with van der Waals surface area (Å²) in [5.74, 6) is -0.271. The third-order valence-electron chi connectivity index (χ3n) is 5.38. The van der Waals surface area contributed by atoms with Crippen LogP contribution in [0.2, 0.25) is 0 Å². The van der Waals surface area contributed by atoms with Crippen molar-refractivity contribution in [3.63, 3.8) is 0 Å². The van der Waals surface area contributed by atoms with Crippen molar-refractivity contribution in [1.29, 1.82) is 0 Å². The van der Waals surface area contributed by atoms with Crippen LogP contribution in [-0.2, 0) is 25.9 Å². The molecule has 0 aromatic carbocycles. The SMILES string of the molecule is C=C(C)C(=O)OCCCCCCCCCCCCCCCCCCCCOP(O)(O)=S. The van der Waals surface area contributed by atoms with Crippen LogP contribution in [0, 0.1) is 0 Å². The monoisotopic (exact) mass is 478 g/mol. The average molecular weight is 479 g/mol. The zero-order chi connectivity index (χ0) is 23.2. The summed E-state index contributed by atoms with van der Waals surface area (Å²) in [4.78, 5) is 29.1. The van der Waals surface area contributed by atoms with Gasteiger partial charge in [0.25, 0.3) is 0 Å². The van der Waals surface area contributed by atoms with Gasteiger partial charge in [-0.05, 0) is 31.6 Å². The molecule has 0 radical (unpaired) electrons. The summed E-state index contributed by atoms with van der Waals surface area (Å²) < 4.78 is 9.89. The lowest BCUT2D eigenvalue weighted by Gasteiger charge is -2.07. The molecule has 0 aromatic rings. The zero-order valence-electron chi connectivity index (χ0n) is 19.8. The molecule has 0 saturated heterocycles. The molecule has 0 aliphatic carbocycles. The third kappa shape index (κ3) is 25.9. The Labute approximate surface area is 196 Å². The molecule has 0 fully saturated rings. The Balaban J connectivity index is 3.10. The highest BCUT2D eigenvalue weighted by Crippen LogP contribution is 2.36. The highest BCUT2D eigenvalue weighted by molar-refractivity contribution is 8.06. The van der Waals surface area contributed by atoms with E-state index < -0.39 is 6.72 Å². The molecule has 0 aromatic heterocycles. The van der Waals surface area contributed by atoms with Gasteiger partial charge in [0.05, 0.1) is 13.2 Å². The summed E-state index contributed by atoms with van der Waals surface area (Å²) in [5.41, 5.74) is 0.476. The van der Waals surface area contributed by atoms with E-state index in [0.29, 0.717) is 18.8 Å². The van der Waals surface area contributed by atoms with E-state index in [0.717, 1.165) is 25.7 Å². The summed E-state index contributed by atoms with van der Waals surface area (Å²) in [5, 5.41) is 0. The molecule has 0 aliphatic rings. The molecular formula is C24H47O5PS. The largest absolute Gasteiger partial charge is 0.462 e. The van der Waals surface area contributed by atoms with Gasteiger partial charge in [-0.2, -0.15) is 0 Å². The van der Waals surface area contributed by atoms with E-state index in [-0.39, 0.29) is 5.97 Å². The van der Waals surface area contributed by atoms with Crippen molar-refractivity contribution in [2.45, 2.75) is 122 Å². The van der Waals surface area contributed by atoms with E-state index in [1.807, 2.05) is 0 Å². The smallest absolute Gasteiger partial charge is 0.333 e. The summed E-state index contributed by atoms with van der Waals surface area (Å²) in [6, 6.07) is 0. The summed E-state index contributed by atoms with van der Waals surface area (Å²) in [6.45, 7) is 2.69. The molecule has 7 heteroatoms. The molecule has 0 heterocycles. The van der Waals surface area contributed by atoms with E-state index in [1.165, 1.54) is 89.9 Å². The van der Waals surface area contributed by atoms with Crippen LogP contribution in [-0.4, -0.2) is 29.0 Å². The van der Waals surface area contributed by atoms with Crippen molar-refractivity contribution in [1.82, 2.24) is 0 Å². The second-order valence-corrected chi connectivity index (χ2v) is 11.3. The number of unbranched alkanes of at least 4 members (excludes halogenated alkanes) is 17. The van der Waals surface area contributed by atoms with Gasteiger partial charge in [0.2, 0.25) is 0 Å². The highest BCUT2D eigenvalue weighted by Gasteiger charge is 2.06. The maximum absolute atomic E-state index is 11.2. The van der Waals surface area contributed by atoms with Crippen molar-refractivity contribution in [2.75, 3.05) is 13.2 Å². The van der Waals surface area contributed by atoms with E-state index in [9.17, 15) is 4.79 Å². The number of hydrogen-bond acceptors (Lipinski definition) is 4. The van der Waals surface area contributed by atoms with Gasteiger partial charge < -0.3 is 19.0 Å². The van der Waals surface area contributed by atoms with Crippen molar-refractivity contribution >= 4 is 24.5 Å². The third-order valence-corrected chi connectivity index (χ3v) is 6.21. The summed E-state index contributed by atoms with van der Waals surface area (Å²) in [7, 11) is 0. The van der Waals surface area contributed by atoms with Crippen molar-refractivity contribution < 1.29 is 23.8 Å². The molecule has 0 aliphatic heterocycles. The van der Waals surface area contributed by atoms with Crippen LogP contribution >= 0.6 is 6.72 Å². The fraction of sp³-hybridized carbons (Fsp3) is 0.875. The Bertz CT molecular complexity index is 492. The predicted molar refractivity (Wildman–Crippen MR) is 134 cm³/mol. The highest BCUT2D eigenvalue weighted by atomic mass is 32.5. The van der Waals surface area contributed by atoms with Gasteiger partial charge in [-0.25, -0.2) is 4.79 Å². The molecular weight excluding hydrogens is 431 g/mol. The maximum Gasteiger partial charge on any atom is 0.333 e. The number of carbonyl (C=O) groups is 1. The fourth-order valence-corrected chi connectivity index (χ4v) is 4.09. The van der Waals surface area contributed by atoms with E-state index in [2.05, 4.69) is 18.4 Å². The first-order valence-electron chi connectivity index (χ1n) is 12.4. The molecule has 184 valence electrons. The van der Waals surface area contributed by atoms with Gasteiger partial charge in [0.15, 0.2) is 0 Å². The minimum atomic E-state index is -3.45. The van der Waals surface area contributed by atoms with Crippen molar-refractivity contribution in [3.8, 4) is 0 Å². The predicted octanol–water partition coefficient (Wildman–Crippen LogP) is 7.35. The van der Waals surface area contributed by atoms with Gasteiger partial charge >= 0.3 is 12.7 Å².